The second-order valence-electron chi connectivity index (χ2n) is 6.85. The monoisotopic (exact) mass is 366 g/mol. The van der Waals surface area contributed by atoms with Crippen molar-refractivity contribution in [2.75, 3.05) is 30.5 Å². The fraction of sp³-hybridized carbons (Fsp3) is 0.333. The number of hydrogen-bond donors (Lipinski definition) is 1. The molecule has 0 radical (unpaired) electrons. The first kappa shape index (κ1) is 17.4. The van der Waals surface area contributed by atoms with Crippen LogP contribution in [-0.2, 0) is 4.79 Å². The van der Waals surface area contributed by atoms with Crippen LogP contribution >= 0.6 is 0 Å². The second-order valence-corrected chi connectivity index (χ2v) is 6.85. The van der Waals surface area contributed by atoms with E-state index in [0.717, 1.165) is 19.3 Å². The Morgan fingerprint density at radius 3 is 2.56 bits per heavy atom. The minimum atomic E-state index is -0.268. The van der Waals surface area contributed by atoms with E-state index in [9.17, 15) is 9.59 Å². The van der Waals surface area contributed by atoms with Crippen LogP contribution in [0.15, 0.2) is 42.5 Å². The molecule has 1 fully saturated rings. The maximum absolute atomic E-state index is 12.9. The van der Waals surface area contributed by atoms with Crippen LogP contribution in [0.4, 0.5) is 11.4 Å². The van der Waals surface area contributed by atoms with Crippen LogP contribution in [0.2, 0.25) is 0 Å². The first-order valence-electron chi connectivity index (χ1n) is 9.21. The molecule has 1 aliphatic heterocycles. The van der Waals surface area contributed by atoms with Crippen LogP contribution in [0.5, 0.6) is 11.5 Å². The highest BCUT2D eigenvalue weighted by molar-refractivity contribution is 6.11. The average Bonchev–Trinajstić information content (AvgIpc) is 3.53. The summed E-state index contributed by atoms with van der Waals surface area (Å²) < 4.78 is 11.3. The lowest BCUT2D eigenvalue weighted by atomic mass is 10.1. The van der Waals surface area contributed by atoms with Gasteiger partial charge in [0.2, 0.25) is 5.91 Å². The Hall–Kier alpha value is -3.02. The number of carbonyl (C=O) groups is 2. The molecule has 140 valence electrons. The van der Waals surface area contributed by atoms with E-state index in [4.69, 9.17) is 9.47 Å². The van der Waals surface area contributed by atoms with E-state index in [2.05, 4.69) is 5.32 Å². The minimum absolute atomic E-state index is 0.0610. The van der Waals surface area contributed by atoms with E-state index in [1.165, 1.54) is 0 Å². The topological polar surface area (TPSA) is 67.9 Å². The van der Waals surface area contributed by atoms with Crippen molar-refractivity contribution in [3.8, 4) is 11.5 Å². The van der Waals surface area contributed by atoms with Gasteiger partial charge in [-0.05, 0) is 37.1 Å². The third-order valence-electron chi connectivity index (χ3n) is 4.77. The molecule has 0 unspecified atom stereocenters. The number of hydrogen-bond acceptors (Lipinski definition) is 4. The minimum Gasteiger partial charge on any atom is -0.490 e. The lowest BCUT2D eigenvalue weighted by molar-refractivity contribution is -0.119. The van der Waals surface area contributed by atoms with Gasteiger partial charge in [0.1, 0.15) is 0 Å². The zero-order valence-electron chi connectivity index (χ0n) is 15.2. The van der Waals surface area contributed by atoms with Crippen LogP contribution in [0, 0.1) is 5.92 Å². The van der Waals surface area contributed by atoms with Gasteiger partial charge in [0.25, 0.3) is 5.91 Å². The van der Waals surface area contributed by atoms with Gasteiger partial charge in [-0.15, -0.1) is 0 Å². The number of para-hydroxylation sites is 1. The number of ether oxygens (including phenoxy) is 2. The SMILES string of the molecule is CN(C(=O)C1CC1)c1ccccc1C(=O)Nc1ccc2c(c1)OCCCO2. The predicted octanol–water partition coefficient (Wildman–Crippen LogP) is 3.47. The molecule has 0 aromatic heterocycles. The standard InChI is InChI=1S/C21H22N2O4/c1-23(21(25)14-7-8-14)17-6-3-2-5-16(17)20(24)22-15-9-10-18-19(13-15)27-12-4-11-26-18/h2-3,5-6,9-10,13-14H,4,7-8,11-12H2,1H3,(H,22,24). The van der Waals surface area contributed by atoms with Crippen molar-refractivity contribution in [2.45, 2.75) is 19.3 Å². The van der Waals surface area contributed by atoms with Crippen LogP contribution in [0.1, 0.15) is 29.6 Å². The van der Waals surface area contributed by atoms with Gasteiger partial charge in [-0.3, -0.25) is 9.59 Å². The Bertz CT molecular complexity index is 876. The number of benzene rings is 2. The maximum atomic E-state index is 12.9. The van der Waals surface area contributed by atoms with E-state index < -0.39 is 0 Å². The largest absolute Gasteiger partial charge is 0.490 e. The summed E-state index contributed by atoms with van der Waals surface area (Å²) in [6, 6.07) is 12.5. The molecule has 1 aliphatic carbocycles. The summed E-state index contributed by atoms with van der Waals surface area (Å²) in [4.78, 5) is 26.8. The van der Waals surface area contributed by atoms with E-state index in [-0.39, 0.29) is 17.7 Å². The van der Waals surface area contributed by atoms with Gasteiger partial charge in [0, 0.05) is 31.1 Å². The Labute approximate surface area is 158 Å². The molecule has 2 amide bonds. The van der Waals surface area contributed by atoms with Gasteiger partial charge < -0.3 is 19.7 Å². The second kappa shape index (κ2) is 7.31. The highest BCUT2D eigenvalue weighted by Gasteiger charge is 2.33. The zero-order valence-corrected chi connectivity index (χ0v) is 15.2. The smallest absolute Gasteiger partial charge is 0.257 e. The predicted molar refractivity (Wildman–Crippen MR) is 103 cm³/mol. The number of rotatable bonds is 4. The molecular weight excluding hydrogens is 344 g/mol. The Morgan fingerprint density at radius 1 is 1.04 bits per heavy atom. The quantitative estimate of drug-likeness (QED) is 0.900. The molecule has 1 heterocycles. The van der Waals surface area contributed by atoms with Gasteiger partial charge in [-0.25, -0.2) is 0 Å². The highest BCUT2D eigenvalue weighted by atomic mass is 16.5. The summed E-state index contributed by atoms with van der Waals surface area (Å²) in [5, 5.41) is 2.90. The molecule has 27 heavy (non-hydrogen) atoms. The Kier molecular flexibility index (Phi) is 4.71. The van der Waals surface area contributed by atoms with Gasteiger partial charge in [0.05, 0.1) is 24.5 Å². The molecule has 4 rings (SSSR count). The molecule has 6 nitrogen and oxygen atoms in total. The van der Waals surface area contributed by atoms with Crippen LogP contribution < -0.4 is 19.7 Å². The van der Waals surface area contributed by atoms with E-state index >= 15 is 0 Å². The summed E-state index contributed by atoms with van der Waals surface area (Å²) in [5.74, 6) is 1.19. The first-order chi connectivity index (χ1) is 13.1. The molecule has 6 heteroatoms. The molecular formula is C21H22N2O4. The van der Waals surface area contributed by atoms with E-state index in [0.29, 0.717) is 41.7 Å². The van der Waals surface area contributed by atoms with Crippen molar-refractivity contribution in [1.29, 1.82) is 0 Å². The number of anilines is 2. The van der Waals surface area contributed by atoms with Crippen LogP contribution in [-0.4, -0.2) is 32.1 Å². The number of fused-ring (bicyclic) bond motifs is 1. The van der Waals surface area contributed by atoms with Gasteiger partial charge in [-0.2, -0.15) is 0 Å². The fourth-order valence-corrected chi connectivity index (χ4v) is 3.12. The molecule has 2 aliphatic rings. The van der Waals surface area contributed by atoms with Crippen LogP contribution in [0.3, 0.4) is 0 Å². The molecule has 2 aromatic carbocycles. The van der Waals surface area contributed by atoms with Crippen molar-refractivity contribution in [3.05, 3.63) is 48.0 Å². The lowest BCUT2D eigenvalue weighted by Crippen LogP contribution is -2.29. The van der Waals surface area contributed by atoms with Crippen molar-refractivity contribution in [2.24, 2.45) is 5.92 Å². The molecule has 0 bridgehead atoms. The van der Waals surface area contributed by atoms with Gasteiger partial charge >= 0.3 is 0 Å². The normalized spacial score (nSPS) is 15.6. The lowest BCUT2D eigenvalue weighted by Gasteiger charge is -2.20. The Morgan fingerprint density at radius 2 is 1.78 bits per heavy atom. The molecule has 1 saturated carbocycles. The third-order valence-corrected chi connectivity index (χ3v) is 4.77. The number of carbonyl (C=O) groups excluding carboxylic acids is 2. The van der Waals surface area contributed by atoms with Crippen molar-refractivity contribution < 1.29 is 19.1 Å². The number of nitrogens with one attached hydrogen (secondary N) is 1. The maximum Gasteiger partial charge on any atom is 0.257 e. The van der Waals surface area contributed by atoms with Crippen molar-refractivity contribution in [1.82, 2.24) is 0 Å². The summed E-state index contributed by atoms with van der Waals surface area (Å²) in [6.45, 7) is 1.20. The summed E-state index contributed by atoms with van der Waals surface area (Å²) in [5.41, 5.74) is 1.69. The first-order valence-corrected chi connectivity index (χ1v) is 9.21. The van der Waals surface area contributed by atoms with Crippen LogP contribution in [0.25, 0.3) is 0 Å². The summed E-state index contributed by atoms with van der Waals surface area (Å²) >= 11 is 0. The van der Waals surface area contributed by atoms with Crippen molar-refractivity contribution in [3.63, 3.8) is 0 Å². The number of amides is 2. The molecule has 0 spiro atoms. The number of nitrogens with zero attached hydrogens (tertiary/aromatic N) is 1. The summed E-state index contributed by atoms with van der Waals surface area (Å²) in [6.07, 6.45) is 2.68. The molecule has 2 aromatic rings. The summed E-state index contributed by atoms with van der Waals surface area (Å²) in [7, 11) is 1.72. The third kappa shape index (κ3) is 3.74. The molecule has 0 saturated heterocycles. The Balaban J connectivity index is 1.55. The molecule has 1 N–H and O–H groups in total. The van der Waals surface area contributed by atoms with E-state index in [1.807, 2.05) is 6.07 Å². The van der Waals surface area contributed by atoms with Crippen molar-refractivity contribution >= 4 is 23.2 Å². The van der Waals surface area contributed by atoms with Gasteiger partial charge in [-0.1, -0.05) is 12.1 Å². The average molecular weight is 366 g/mol. The highest BCUT2D eigenvalue weighted by Crippen LogP contribution is 2.34. The zero-order chi connectivity index (χ0) is 18.8. The fourth-order valence-electron chi connectivity index (χ4n) is 3.12. The van der Waals surface area contributed by atoms with E-state index in [1.54, 1.807) is 48.3 Å². The molecule has 0 atom stereocenters. The van der Waals surface area contributed by atoms with Gasteiger partial charge in [0.15, 0.2) is 11.5 Å².